The van der Waals surface area contributed by atoms with Crippen molar-refractivity contribution < 1.29 is 5.11 Å². The SMILES string of the molecule is CC12CC3CC(C)(C1)CC(C(O)c1cscc1Br)(C3)C2. The van der Waals surface area contributed by atoms with Crippen LogP contribution in [0.2, 0.25) is 0 Å². The molecule has 0 amide bonds. The number of aliphatic hydroxyl groups excluding tert-OH is 1. The Morgan fingerprint density at radius 2 is 1.80 bits per heavy atom. The minimum absolute atomic E-state index is 0.131. The third kappa shape index (κ3) is 1.89. The average Bonchev–Trinajstić information content (AvgIpc) is 2.69. The molecule has 1 nitrogen and oxygen atoms in total. The van der Waals surface area contributed by atoms with Crippen molar-refractivity contribution in [3.05, 3.63) is 20.8 Å². The molecule has 110 valence electrons. The van der Waals surface area contributed by atoms with Gasteiger partial charge in [0, 0.05) is 20.8 Å². The molecular formula is C17H23BrOS. The highest BCUT2D eigenvalue weighted by molar-refractivity contribution is 9.10. The van der Waals surface area contributed by atoms with E-state index in [9.17, 15) is 5.11 Å². The fourth-order valence-electron chi connectivity index (χ4n) is 6.66. The minimum Gasteiger partial charge on any atom is -0.388 e. The van der Waals surface area contributed by atoms with Crippen LogP contribution in [-0.4, -0.2) is 5.11 Å². The summed E-state index contributed by atoms with van der Waals surface area (Å²) in [4.78, 5) is 0. The van der Waals surface area contributed by atoms with Crippen LogP contribution in [0, 0.1) is 22.2 Å². The van der Waals surface area contributed by atoms with E-state index in [1.807, 2.05) is 0 Å². The van der Waals surface area contributed by atoms with E-state index in [2.05, 4.69) is 40.5 Å². The van der Waals surface area contributed by atoms with Crippen molar-refractivity contribution in [3.63, 3.8) is 0 Å². The van der Waals surface area contributed by atoms with E-state index in [0.29, 0.717) is 10.8 Å². The van der Waals surface area contributed by atoms with Gasteiger partial charge in [0.2, 0.25) is 0 Å². The Morgan fingerprint density at radius 1 is 1.15 bits per heavy atom. The summed E-state index contributed by atoms with van der Waals surface area (Å²) in [5, 5.41) is 15.4. The van der Waals surface area contributed by atoms with E-state index in [1.54, 1.807) is 11.3 Å². The molecule has 3 unspecified atom stereocenters. The first kappa shape index (κ1) is 13.8. The van der Waals surface area contributed by atoms with Gasteiger partial charge in [0.15, 0.2) is 0 Å². The Balaban J connectivity index is 1.75. The van der Waals surface area contributed by atoms with Crippen molar-refractivity contribution in [2.75, 3.05) is 0 Å². The molecule has 0 aliphatic heterocycles. The standard InChI is InChI=1S/C17H23BrOS/c1-15-3-11-4-16(2,8-15)10-17(5-11,9-15)14(19)12-6-20-7-13(12)18/h6-7,11,14,19H,3-5,8-10H2,1-2H3. The van der Waals surface area contributed by atoms with Gasteiger partial charge in [-0.2, -0.15) is 11.3 Å². The molecule has 4 saturated carbocycles. The van der Waals surface area contributed by atoms with Gasteiger partial charge < -0.3 is 5.11 Å². The summed E-state index contributed by atoms with van der Waals surface area (Å²) in [6, 6.07) is 0. The van der Waals surface area contributed by atoms with Gasteiger partial charge in [-0.1, -0.05) is 13.8 Å². The maximum Gasteiger partial charge on any atom is 0.0865 e. The van der Waals surface area contributed by atoms with E-state index < -0.39 is 0 Å². The Morgan fingerprint density at radius 3 is 2.30 bits per heavy atom. The molecule has 1 aromatic rings. The topological polar surface area (TPSA) is 20.2 Å². The highest BCUT2D eigenvalue weighted by Crippen LogP contribution is 2.72. The van der Waals surface area contributed by atoms with Crippen LogP contribution in [0.3, 0.4) is 0 Å². The molecule has 1 aromatic heterocycles. The lowest BCUT2D eigenvalue weighted by molar-refractivity contribution is -0.187. The molecule has 4 bridgehead atoms. The van der Waals surface area contributed by atoms with Crippen LogP contribution in [-0.2, 0) is 0 Å². The number of hydrogen-bond donors (Lipinski definition) is 1. The summed E-state index contributed by atoms with van der Waals surface area (Å²) in [7, 11) is 0. The second-order valence-corrected chi connectivity index (χ2v) is 10.2. The lowest BCUT2D eigenvalue weighted by atomic mass is 9.39. The Kier molecular flexibility index (Phi) is 2.83. The molecule has 3 atom stereocenters. The van der Waals surface area contributed by atoms with Crippen molar-refractivity contribution in [2.45, 2.75) is 58.5 Å². The van der Waals surface area contributed by atoms with Gasteiger partial charge in [-0.25, -0.2) is 0 Å². The fourth-order valence-corrected chi connectivity index (χ4v) is 8.19. The predicted octanol–water partition coefficient (Wildman–Crippen LogP) is 5.54. The molecule has 0 saturated heterocycles. The van der Waals surface area contributed by atoms with Gasteiger partial charge in [-0.3, -0.25) is 0 Å². The van der Waals surface area contributed by atoms with Gasteiger partial charge in [-0.05, 0) is 76.6 Å². The molecule has 4 fully saturated rings. The smallest absolute Gasteiger partial charge is 0.0865 e. The lowest BCUT2D eigenvalue weighted by Crippen LogP contribution is -2.56. The quantitative estimate of drug-likeness (QED) is 0.738. The summed E-state index contributed by atoms with van der Waals surface area (Å²) >= 11 is 5.31. The number of hydrogen-bond acceptors (Lipinski definition) is 2. The normalized spacial score (nSPS) is 47.7. The predicted molar refractivity (Wildman–Crippen MR) is 86.8 cm³/mol. The van der Waals surface area contributed by atoms with Gasteiger partial charge in [0.05, 0.1) is 6.10 Å². The summed E-state index contributed by atoms with van der Waals surface area (Å²) in [6.45, 7) is 4.94. The molecule has 4 aliphatic carbocycles. The van der Waals surface area contributed by atoms with Crippen LogP contribution in [0.1, 0.15) is 64.0 Å². The van der Waals surface area contributed by atoms with Crippen LogP contribution < -0.4 is 0 Å². The van der Waals surface area contributed by atoms with Crippen LogP contribution in [0.25, 0.3) is 0 Å². The Hall–Kier alpha value is 0.140. The van der Waals surface area contributed by atoms with Crippen LogP contribution in [0.5, 0.6) is 0 Å². The van der Waals surface area contributed by atoms with E-state index >= 15 is 0 Å². The third-order valence-electron chi connectivity index (χ3n) is 6.19. The second kappa shape index (κ2) is 4.11. The highest BCUT2D eigenvalue weighted by Gasteiger charge is 2.62. The molecule has 4 aliphatic rings. The molecular weight excluding hydrogens is 332 g/mol. The number of rotatable bonds is 2. The average molecular weight is 355 g/mol. The summed E-state index contributed by atoms with van der Waals surface area (Å²) in [5.41, 5.74) is 2.20. The summed E-state index contributed by atoms with van der Waals surface area (Å²) in [6.07, 6.45) is 7.54. The zero-order valence-corrected chi connectivity index (χ0v) is 14.7. The van der Waals surface area contributed by atoms with Crippen molar-refractivity contribution in [2.24, 2.45) is 22.2 Å². The van der Waals surface area contributed by atoms with E-state index in [0.717, 1.165) is 16.0 Å². The maximum absolute atomic E-state index is 11.2. The highest BCUT2D eigenvalue weighted by atomic mass is 79.9. The van der Waals surface area contributed by atoms with Crippen molar-refractivity contribution >= 4 is 27.3 Å². The van der Waals surface area contributed by atoms with E-state index in [-0.39, 0.29) is 11.5 Å². The summed E-state index contributed by atoms with van der Waals surface area (Å²) in [5.74, 6) is 0.841. The van der Waals surface area contributed by atoms with Gasteiger partial charge in [0.25, 0.3) is 0 Å². The minimum atomic E-state index is -0.287. The molecule has 0 spiro atoms. The zero-order valence-electron chi connectivity index (χ0n) is 12.3. The molecule has 0 radical (unpaired) electrons. The maximum atomic E-state index is 11.2. The first-order valence-electron chi connectivity index (χ1n) is 7.73. The first-order valence-corrected chi connectivity index (χ1v) is 9.47. The largest absolute Gasteiger partial charge is 0.388 e. The first-order chi connectivity index (χ1) is 9.33. The lowest BCUT2D eigenvalue weighted by Gasteiger charge is -2.66. The van der Waals surface area contributed by atoms with Gasteiger partial charge in [-0.15, -0.1) is 0 Å². The third-order valence-corrected chi connectivity index (χ3v) is 7.94. The van der Waals surface area contributed by atoms with Gasteiger partial charge in [0.1, 0.15) is 0 Å². The van der Waals surface area contributed by atoms with Crippen molar-refractivity contribution in [1.82, 2.24) is 0 Å². The Bertz CT molecular complexity index is 533. The fraction of sp³-hybridized carbons (Fsp3) is 0.765. The van der Waals surface area contributed by atoms with E-state index in [4.69, 9.17) is 0 Å². The second-order valence-electron chi connectivity index (χ2n) is 8.57. The number of aliphatic hydroxyl groups is 1. The van der Waals surface area contributed by atoms with Crippen molar-refractivity contribution in [1.29, 1.82) is 0 Å². The van der Waals surface area contributed by atoms with E-state index in [1.165, 1.54) is 38.5 Å². The van der Waals surface area contributed by atoms with Crippen molar-refractivity contribution in [3.8, 4) is 0 Å². The molecule has 3 heteroatoms. The molecule has 20 heavy (non-hydrogen) atoms. The molecule has 1 N–H and O–H groups in total. The van der Waals surface area contributed by atoms with Crippen LogP contribution >= 0.6 is 27.3 Å². The zero-order chi connectivity index (χ0) is 14.2. The van der Waals surface area contributed by atoms with Gasteiger partial charge >= 0.3 is 0 Å². The van der Waals surface area contributed by atoms with Crippen LogP contribution in [0.4, 0.5) is 0 Å². The molecule has 1 heterocycles. The molecule has 0 aromatic carbocycles. The van der Waals surface area contributed by atoms with Crippen LogP contribution in [0.15, 0.2) is 15.2 Å². The summed E-state index contributed by atoms with van der Waals surface area (Å²) < 4.78 is 1.10. The number of halogens is 1. The number of thiophene rings is 1. The monoisotopic (exact) mass is 354 g/mol. The molecule has 5 rings (SSSR count). The Labute approximate surface area is 133 Å².